The van der Waals surface area contributed by atoms with Gasteiger partial charge in [-0.15, -0.1) is 0 Å². The first-order chi connectivity index (χ1) is 18.6. The molecule has 0 saturated carbocycles. The number of sulfone groups is 1. The predicted molar refractivity (Wildman–Crippen MR) is 153 cm³/mol. The first kappa shape index (κ1) is 29.4. The molecule has 3 aromatic rings. The largest absolute Gasteiger partial charge is 0.497 e. The second-order valence-electron chi connectivity index (χ2n) is 8.80. The molecule has 0 aliphatic heterocycles. The van der Waals surface area contributed by atoms with Gasteiger partial charge in [-0.25, -0.2) is 12.8 Å². The van der Waals surface area contributed by atoms with Crippen molar-refractivity contribution >= 4 is 33.1 Å². The van der Waals surface area contributed by atoms with Crippen molar-refractivity contribution < 1.29 is 27.1 Å². The van der Waals surface area contributed by atoms with E-state index in [0.717, 1.165) is 5.56 Å². The number of Topliss-reactive ketones (excluding diaryl/α,β-unsaturated/α-hetero) is 1. The fourth-order valence-electron chi connectivity index (χ4n) is 3.82. The van der Waals surface area contributed by atoms with Crippen LogP contribution in [-0.2, 0) is 14.6 Å². The van der Waals surface area contributed by atoms with Gasteiger partial charge < -0.3 is 20.5 Å². The number of carbonyl (C=O) groups is 1. The third kappa shape index (κ3) is 8.68. The number of hydrogen-bond acceptors (Lipinski definition) is 8. The topological polar surface area (TPSA) is 120 Å². The predicted octanol–water partition coefficient (Wildman–Crippen LogP) is 4.44. The van der Waals surface area contributed by atoms with Gasteiger partial charge in [-0.1, -0.05) is 42.5 Å². The molecule has 10 heteroatoms. The van der Waals surface area contributed by atoms with Gasteiger partial charge in [0.2, 0.25) is 5.78 Å². The van der Waals surface area contributed by atoms with Crippen molar-refractivity contribution in [3.05, 3.63) is 95.4 Å². The van der Waals surface area contributed by atoms with E-state index in [0.29, 0.717) is 34.7 Å². The van der Waals surface area contributed by atoms with E-state index in [2.05, 4.69) is 10.3 Å². The highest BCUT2D eigenvalue weighted by Gasteiger charge is 2.25. The minimum atomic E-state index is -3.10. The Labute approximate surface area is 228 Å². The molecular formula is C29H32FN3O5S. The first-order valence-electron chi connectivity index (χ1n) is 12.1. The van der Waals surface area contributed by atoms with Crippen molar-refractivity contribution in [2.75, 3.05) is 38.1 Å². The van der Waals surface area contributed by atoms with Crippen LogP contribution in [-0.4, -0.2) is 53.2 Å². The second kappa shape index (κ2) is 13.6. The van der Waals surface area contributed by atoms with E-state index in [1.54, 1.807) is 25.2 Å². The summed E-state index contributed by atoms with van der Waals surface area (Å²) in [7, 11) is -0.0254. The molecule has 1 atom stereocenters. The standard InChI is InChI=1S/C29H32FN3O5S/c1-32-19-26(20-8-5-4-6-9-20)27(31)29(34)28(21-10-12-22(30)13-11-21)33-23-16-24(37-2)18-25(17-23)38-14-7-15-39(3,35)36/h4-6,8-13,16-19,28,33H,7,14-15,31H2,1-3H3. The lowest BCUT2D eigenvalue weighted by atomic mass is 9.95. The number of carbonyl (C=O) groups excluding carboxylic acids is 1. The number of aliphatic imine (C=N–C) groups is 1. The number of nitrogens with one attached hydrogen (secondary N) is 1. The van der Waals surface area contributed by atoms with Gasteiger partial charge in [0, 0.05) is 49.0 Å². The lowest BCUT2D eigenvalue weighted by Crippen LogP contribution is -2.27. The Balaban J connectivity index is 1.98. The van der Waals surface area contributed by atoms with Crippen LogP contribution in [0.3, 0.4) is 0 Å². The molecule has 3 rings (SSSR count). The van der Waals surface area contributed by atoms with E-state index < -0.39 is 27.5 Å². The van der Waals surface area contributed by atoms with E-state index in [1.165, 1.54) is 43.8 Å². The number of benzene rings is 3. The van der Waals surface area contributed by atoms with Crippen LogP contribution >= 0.6 is 0 Å². The van der Waals surface area contributed by atoms with Crippen molar-refractivity contribution in [1.82, 2.24) is 0 Å². The summed E-state index contributed by atoms with van der Waals surface area (Å²) in [5.41, 5.74) is 8.56. The summed E-state index contributed by atoms with van der Waals surface area (Å²) in [6.45, 7) is 0.173. The van der Waals surface area contributed by atoms with Crippen LogP contribution in [0.1, 0.15) is 23.6 Å². The number of ether oxygens (including phenoxy) is 2. The quantitative estimate of drug-likeness (QED) is 0.182. The zero-order valence-electron chi connectivity index (χ0n) is 22.1. The fraction of sp³-hybridized carbons (Fsp3) is 0.241. The number of rotatable bonds is 13. The summed E-state index contributed by atoms with van der Waals surface area (Å²) < 4.78 is 47.7. The smallest absolute Gasteiger partial charge is 0.205 e. The Hall–Kier alpha value is -4.18. The Morgan fingerprint density at radius 3 is 2.36 bits per heavy atom. The van der Waals surface area contributed by atoms with E-state index >= 15 is 0 Å². The monoisotopic (exact) mass is 553 g/mol. The van der Waals surface area contributed by atoms with Crippen LogP contribution < -0.4 is 20.5 Å². The number of anilines is 1. The van der Waals surface area contributed by atoms with Crippen molar-refractivity contribution in [3.8, 4) is 11.5 Å². The fourth-order valence-corrected chi connectivity index (χ4v) is 4.47. The zero-order valence-corrected chi connectivity index (χ0v) is 22.9. The van der Waals surface area contributed by atoms with Crippen LogP contribution in [0, 0.1) is 5.82 Å². The number of halogens is 1. The third-order valence-electron chi connectivity index (χ3n) is 5.72. The number of allylic oxidation sites excluding steroid dienone is 1. The van der Waals surface area contributed by atoms with Crippen LogP contribution in [0.4, 0.5) is 10.1 Å². The maximum Gasteiger partial charge on any atom is 0.205 e. The average Bonchev–Trinajstić information content (AvgIpc) is 2.92. The molecule has 8 nitrogen and oxygen atoms in total. The Morgan fingerprint density at radius 2 is 1.74 bits per heavy atom. The molecule has 0 aliphatic rings. The zero-order chi connectivity index (χ0) is 28.4. The molecule has 0 amide bonds. The Morgan fingerprint density at radius 1 is 1.08 bits per heavy atom. The van der Waals surface area contributed by atoms with Crippen LogP contribution in [0.15, 0.2) is 83.5 Å². The first-order valence-corrected chi connectivity index (χ1v) is 14.2. The van der Waals surface area contributed by atoms with Crippen molar-refractivity contribution in [1.29, 1.82) is 0 Å². The Bertz CT molecular complexity index is 1440. The molecule has 3 aromatic carbocycles. The Kier molecular flexibility index (Phi) is 10.2. The summed E-state index contributed by atoms with van der Waals surface area (Å²) in [4.78, 5) is 17.9. The number of nitrogens with zero attached hydrogens (tertiary/aromatic N) is 1. The van der Waals surface area contributed by atoms with Gasteiger partial charge in [0.05, 0.1) is 25.2 Å². The van der Waals surface area contributed by atoms with Crippen LogP contribution in [0.25, 0.3) is 5.57 Å². The molecule has 0 aliphatic carbocycles. The molecule has 0 aromatic heterocycles. The molecule has 1 unspecified atom stereocenters. The number of ketones is 1. The molecule has 0 heterocycles. The van der Waals surface area contributed by atoms with E-state index in [-0.39, 0.29) is 18.1 Å². The third-order valence-corrected chi connectivity index (χ3v) is 6.75. The lowest BCUT2D eigenvalue weighted by molar-refractivity contribution is -0.116. The van der Waals surface area contributed by atoms with E-state index in [1.807, 2.05) is 30.3 Å². The summed E-state index contributed by atoms with van der Waals surface area (Å²) >= 11 is 0. The van der Waals surface area contributed by atoms with Crippen LogP contribution in [0.2, 0.25) is 0 Å². The molecule has 3 N–H and O–H groups in total. The summed E-state index contributed by atoms with van der Waals surface area (Å²) in [5, 5.41) is 3.19. The van der Waals surface area contributed by atoms with Gasteiger partial charge >= 0.3 is 0 Å². The van der Waals surface area contributed by atoms with Crippen molar-refractivity contribution in [2.24, 2.45) is 10.7 Å². The number of hydrogen-bond donors (Lipinski definition) is 2. The van der Waals surface area contributed by atoms with Gasteiger partial charge in [-0.2, -0.15) is 0 Å². The highest BCUT2D eigenvalue weighted by atomic mass is 32.2. The minimum Gasteiger partial charge on any atom is -0.497 e. The highest BCUT2D eigenvalue weighted by Crippen LogP contribution is 2.31. The molecular weight excluding hydrogens is 521 g/mol. The van der Waals surface area contributed by atoms with E-state index in [4.69, 9.17) is 15.2 Å². The summed E-state index contributed by atoms with van der Waals surface area (Å²) in [6, 6.07) is 18.7. The van der Waals surface area contributed by atoms with Gasteiger partial charge in [-0.3, -0.25) is 9.79 Å². The number of nitrogens with two attached hydrogens (primary N) is 1. The van der Waals surface area contributed by atoms with Gasteiger partial charge in [0.25, 0.3) is 0 Å². The average molecular weight is 554 g/mol. The SMILES string of the molecule is CN=CC(=C(N)C(=O)C(Nc1cc(OC)cc(OCCCS(C)(=O)=O)c1)c1ccc(F)cc1)c1ccccc1. The lowest BCUT2D eigenvalue weighted by Gasteiger charge is -2.22. The summed E-state index contributed by atoms with van der Waals surface area (Å²) in [6.07, 6.45) is 3.01. The van der Waals surface area contributed by atoms with Crippen molar-refractivity contribution in [2.45, 2.75) is 12.5 Å². The molecule has 0 fully saturated rings. The maximum absolute atomic E-state index is 13.8. The van der Waals surface area contributed by atoms with E-state index in [9.17, 15) is 17.6 Å². The minimum absolute atomic E-state index is 0.000356. The second-order valence-corrected chi connectivity index (χ2v) is 11.1. The summed E-state index contributed by atoms with van der Waals surface area (Å²) in [5.74, 6) is -0.0154. The maximum atomic E-state index is 13.8. The van der Waals surface area contributed by atoms with Crippen molar-refractivity contribution in [3.63, 3.8) is 0 Å². The van der Waals surface area contributed by atoms with Gasteiger partial charge in [0.15, 0.2) is 0 Å². The molecule has 39 heavy (non-hydrogen) atoms. The molecule has 0 bridgehead atoms. The molecule has 0 radical (unpaired) electrons. The van der Waals surface area contributed by atoms with Gasteiger partial charge in [0.1, 0.15) is 33.2 Å². The van der Waals surface area contributed by atoms with Gasteiger partial charge in [-0.05, 0) is 29.7 Å². The highest BCUT2D eigenvalue weighted by molar-refractivity contribution is 7.90. The molecule has 0 saturated heterocycles. The molecule has 206 valence electrons. The normalized spacial score (nSPS) is 13.0. The van der Waals surface area contributed by atoms with Crippen LogP contribution in [0.5, 0.6) is 11.5 Å². The molecule has 0 spiro atoms. The number of methoxy groups -OCH3 is 1.